The Morgan fingerprint density at radius 1 is 1.53 bits per heavy atom. The Morgan fingerprint density at radius 2 is 2.24 bits per heavy atom. The third-order valence-corrected chi connectivity index (χ3v) is 2.81. The molecule has 1 aliphatic rings. The van der Waals surface area contributed by atoms with Crippen LogP contribution >= 0.6 is 12.4 Å². The first-order chi connectivity index (χ1) is 7.65. The Kier molecular flexibility index (Phi) is 7.91. The molecule has 1 rings (SSSR count). The van der Waals surface area contributed by atoms with Gasteiger partial charge in [0.2, 0.25) is 11.8 Å². The lowest BCUT2D eigenvalue weighted by molar-refractivity contribution is -0.130. The van der Waals surface area contributed by atoms with Gasteiger partial charge in [-0.25, -0.2) is 0 Å². The van der Waals surface area contributed by atoms with Gasteiger partial charge in [-0.2, -0.15) is 0 Å². The lowest BCUT2D eigenvalue weighted by Crippen LogP contribution is -2.48. The second-order valence-electron chi connectivity index (χ2n) is 4.31. The quantitative estimate of drug-likeness (QED) is 0.671. The zero-order valence-corrected chi connectivity index (χ0v) is 11.2. The summed E-state index contributed by atoms with van der Waals surface area (Å²) < 4.78 is 0. The van der Waals surface area contributed by atoms with Crippen molar-refractivity contribution in [2.24, 2.45) is 5.92 Å². The minimum absolute atomic E-state index is 0. The number of carbonyl (C=O) groups excluding carboxylic acids is 2. The van der Waals surface area contributed by atoms with Crippen LogP contribution in [0.2, 0.25) is 0 Å². The van der Waals surface area contributed by atoms with Gasteiger partial charge in [0.05, 0.1) is 0 Å². The lowest BCUT2D eigenvalue weighted by Gasteiger charge is -2.18. The molecule has 0 bridgehead atoms. The number of hydrogen-bond acceptors (Lipinski definition) is 3. The van der Waals surface area contributed by atoms with Crippen LogP contribution in [0.25, 0.3) is 0 Å². The summed E-state index contributed by atoms with van der Waals surface area (Å²) in [5.41, 5.74) is 0. The molecular formula is C11H22ClN3O2. The molecule has 2 amide bonds. The molecule has 2 atom stereocenters. The van der Waals surface area contributed by atoms with E-state index < -0.39 is 0 Å². The molecular weight excluding hydrogens is 242 g/mol. The van der Waals surface area contributed by atoms with Gasteiger partial charge >= 0.3 is 0 Å². The summed E-state index contributed by atoms with van der Waals surface area (Å²) in [6.45, 7) is 3.19. The van der Waals surface area contributed by atoms with Gasteiger partial charge in [-0.15, -0.1) is 12.4 Å². The molecule has 1 saturated heterocycles. The van der Waals surface area contributed by atoms with Crippen LogP contribution < -0.4 is 16.0 Å². The fourth-order valence-electron chi connectivity index (χ4n) is 1.79. The van der Waals surface area contributed by atoms with E-state index in [0.717, 1.165) is 25.8 Å². The van der Waals surface area contributed by atoms with Gasteiger partial charge in [-0.1, -0.05) is 6.92 Å². The molecule has 0 aromatic heterocycles. The molecule has 0 spiro atoms. The van der Waals surface area contributed by atoms with Crippen LogP contribution in [-0.4, -0.2) is 38.0 Å². The molecule has 3 N–H and O–H groups in total. The van der Waals surface area contributed by atoms with Crippen molar-refractivity contribution in [3.05, 3.63) is 0 Å². The normalized spacial score (nSPS) is 21.8. The van der Waals surface area contributed by atoms with E-state index in [4.69, 9.17) is 0 Å². The topological polar surface area (TPSA) is 70.2 Å². The van der Waals surface area contributed by atoms with Crippen molar-refractivity contribution in [2.75, 3.05) is 20.1 Å². The number of amides is 2. The zero-order valence-electron chi connectivity index (χ0n) is 10.4. The largest absolute Gasteiger partial charge is 0.354 e. The first-order valence-electron chi connectivity index (χ1n) is 5.88. The highest BCUT2D eigenvalue weighted by molar-refractivity contribution is 5.88. The molecule has 100 valence electrons. The van der Waals surface area contributed by atoms with Gasteiger partial charge in [0.25, 0.3) is 0 Å². The average Bonchev–Trinajstić information content (AvgIpc) is 2.45. The van der Waals surface area contributed by atoms with Crippen molar-refractivity contribution in [1.29, 1.82) is 0 Å². The highest BCUT2D eigenvalue weighted by atomic mass is 35.5. The summed E-state index contributed by atoms with van der Waals surface area (Å²) >= 11 is 0. The van der Waals surface area contributed by atoms with Gasteiger partial charge in [-0.3, -0.25) is 9.59 Å². The number of carbonyl (C=O) groups is 2. The smallest absolute Gasteiger partial charge is 0.242 e. The molecule has 0 aromatic carbocycles. The monoisotopic (exact) mass is 263 g/mol. The maximum Gasteiger partial charge on any atom is 0.242 e. The van der Waals surface area contributed by atoms with Crippen molar-refractivity contribution < 1.29 is 9.59 Å². The molecule has 0 aromatic rings. The molecule has 17 heavy (non-hydrogen) atoms. The first kappa shape index (κ1) is 16.2. The standard InChI is InChI=1S/C11H21N3O2.ClH/c1-8(7-12-2)10(15)14-9-5-3-4-6-13-11(9)16;/h8-9,12H,3-7H2,1-2H3,(H,13,16)(H,14,15);1H. The Hall–Kier alpha value is -0.810. The summed E-state index contributed by atoms with van der Waals surface area (Å²) in [5.74, 6) is -0.222. The highest BCUT2D eigenvalue weighted by Crippen LogP contribution is 2.06. The molecule has 0 aliphatic carbocycles. The second-order valence-corrected chi connectivity index (χ2v) is 4.31. The highest BCUT2D eigenvalue weighted by Gasteiger charge is 2.24. The molecule has 2 unspecified atom stereocenters. The van der Waals surface area contributed by atoms with Crippen molar-refractivity contribution in [3.8, 4) is 0 Å². The predicted octanol–water partition coefficient (Wildman–Crippen LogP) is 0.0486. The number of nitrogens with one attached hydrogen (secondary N) is 3. The van der Waals surface area contributed by atoms with Gasteiger partial charge < -0.3 is 16.0 Å². The van der Waals surface area contributed by atoms with Crippen LogP contribution in [-0.2, 0) is 9.59 Å². The predicted molar refractivity (Wildman–Crippen MR) is 69.1 cm³/mol. The average molecular weight is 264 g/mol. The molecule has 1 fully saturated rings. The minimum atomic E-state index is -0.352. The van der Waals surface area contributed by atoms with Crippen LogP contribution in [0.15, 0.2) is 0 Å². The number of hydrogen-bond donors (Lipinski definition) is 3. The fourth-order valence-corrected chi connectivity index (χ4v) is 1.79. The molecule has 5 nitrogen and oxygen atoms in total. The SMILES string of the molecule is CNCC(C)C(=O)NC1CCCCNC1=O.Cl. The van der Waals surface area contributed by atoms with Gasteiger partial charge in [0, 0.05) is 19.0 Å². The van der Waals surface area contributed by atoms with Gasteiger partial charge in [0.15, 0.2) is 0 Å². The van der Waals surface area contributed by atoms with E-state index in [1.165, 1.54) is 0 Å². The van der Waals surface area contributed by atoms with E-state index in [1.807, 2.05) is 14.0 Å². The van der Waals surface area contributed by atoms with Gasteiger partial charge in [0.1, 0.15) is 6.04 Å². The minimum Gasteiger partial charge on any atom is -0.354 e. The molecule has 0 radical (unpaired) electrons. The second kappa shape index (κ2) is 8.31. The van der Waals surface area contributed by atoms with Crippen LogP contribution in [0, 0.1) is 5.92 Å². The molecule has 1 aliphatic heterocycles. The van der Waals surface area contributed by atoms with Crippen LogP contribution in [0.3, 0.4) is 0 Å². The van der Waals surface area contributed by atoms with Gasteiger partial charge in [-0.05, 0) is 26.3 Å². The van der Waals surface area contributed by atoms with E-state index >= 15 is 0 Å². The van der Waals surface area contributed by atoms with E-state index in [-0.39, 0.29) is 36.2 Å². The fraction of sp³-hybridized carbons (Fsp3) is 0.818. The van der Waals surface area contributed by atoms with E-state index in [0.29, 0.717) is 6.54 Å². The molecule has 6 heteroatoms. The van der Waals surface area contributed by atoms with Crippen LogP contribution in [0.1, 0.15) is 26.2 Å². The summed E-state index contributed by atoms with van der Waals surface area (Å²) in [4.78, 5) is 23.3. The summed E-state index contributed by atoms with van der Waals surface area (Å²) in [7, 11) is 1.81. The Bertz CT molecular complexity index is 261. The van der Waals surface area contributed by atoms with Crippen LogP contribution in [0.5, 0.6) is 0 Å². The Morgan fingerprint density at radius 3 is 2.88 bits per heavy atom. The van der Waals surface area contributed by atoms with Crippen molar-refractivity contribution >= 4 is 24.2 Å². The molecule has 1 heterocycles. The zero-order chi connectivity index (χ0) is 12.0. The van der Waals surface area contributed by atoms with Crippen LogP contribution in [0.4, 0.5) is 0 Å². The summed E-state index contributed by atoms with van der Waals surface area (Å²) in [6.07, 6.45) is 2.71. The molecule has 0 saturated carbocycles. The van der Waals surface area contributed by atoms with Crippen molar-refractivity contribution in [1.82, 2.24) is 16.0 Å². The van der Waals surface area contributed by atoms with E-state index in [1.54, 1.807) is 0 Å². The maximum absolute atomic E-state index is 11.7. The van der Waals surface area contributed by atoms with Crippen molar-refractivity contribution in [3.63, 3.8) is 0 Å². The number of rotatable bonds is 4. The van der Waals surface area contributed by atoms with E-state index in [9.17, 15) is 9.59 Å². The Labute approximate surface area is 109 Å². The first-order valence-corrected chi connectivity index (χ1v) is 5.88. The van der Waals surface area contributed by atoms with Crippen molar-refractivity contribution in [2.45, 2.75) is 32.2 Å². The van der Waals surface area contributed by atoms with E-state index in [2.05, 4.69) is 16.0 Å². The summed E-state index contributed by atoms with van der Waals surface area (Å²) in [6, 6.07) is -0.352. The number of halogens is 1. The maximum atomic E-state index is 11.7. The third-order valence-electron chi connectivity index (χ3n) is 2.81. The Balaban J connectivity index is 0.00000256. The third kappa shape index (κ3) is 5.37. The lowest BCUT2D eigenvalue weighted by atomic mass is 10.1. The summed E-state index contributed by atoms with van der Waals surface area (Å²) in [5, 5.41) is 8.55.